The third kappa shape index (κ3) is 5.99. The van der Waals surface area contributed by atoms with Gasteiger partial charge in [-0.05, 0) is 86.3 Å². The van der Waals surface area contributed by atoms with Crippen LogP contribution >= 0.6 is 17.9 Å². The molecule has 0 unspecified atom stereocenters. The second-order valence-corrected chi connectivity index (χ2v) is 16.3. The first kappa shape index (κ1) is 21.7. The topological polar surface area (TPSA) is 18.8 Å². The fourth-order valence-electron chi connectivity index (χ4n) is 2.97. The van der Waals surface area contributed by atoms with Crippen LogP contribution in [0.4, 0.5) is 0 Å². The largest absolute Gasteiger partial charge is 0.300 e. The van der Waals surface area contributed by atoms with E-state index in [9.17, 15) is 0 Å². The van der Waals surface area contributed by atoms with E-state index in [2.05, 4.69) is 84.4 Å². The molecule has 0 aromatic carbocycles. The Morgan fingerprint density at radius 1 is 0.714 bits per heavy atom. The molecule has 21 heavy (non-hydrogen) atoms. The molecule has 0 aliphatic rings. The molecule has 3 nitrogen and oxygen atoms in total. The average molecular weight is 354 g/mol. The van der Waals surface area contributed by atoms with Crippen LogP contribution in [0.5, 0.6) is 0 Å². The molecule has 0 rings (SSSR count). The van der Waals surface area contributed by atoms with Crippen LogP contribution in [-0.4, -0.2) is 41.7 Å². The third-order valence-electron chi connectivity index (χ3n) is 3.13. The van der Waals surface area contributed by atoms with Crippen molar-refractivity contribution in [3.05, 3.63) is 0 Å². The Morgan fingerprint density at radius 3 is 1.10 bits per heavy atom. The summed E-state index contributed by atoms with van der Waals surface area (Å²) >= 11 is 7.37. The molecule has 0 fully saturated rings. The van der Waals surface area contributed by atoms with Gasteiger partial charge in [0.1, 0.15) is 0 Å². The Kier molecular flexibility index (Phi) is 8.21. The molecule has 0 amide bonds. The molecule has 0 aliphatic heterocycles. The van der Waals surface area contributed by atoms with Crippen molar-refractivity contribution in [2.75, 3.05) is 0 Å². The Balaban J connectivity index is 6.32. The minimum atomic E-state index is -2.21. The fourth-order valence-corrected chi connectivity index (χ4v) is 13.6. The summed E-state index contributed by atoms with van der Waals surface area (Å²) in [7, 11) is -1.64. The zero-order chi connectivity index (χ0) is 17.2. The van der Waals surface area contributed by atoms with Crippen molar-refractivity contribution in [2.45, 2.75) is 99.2 Å². The molecule has 0 spiro atoms. The summed E-state index contributed by atoms with van der Waals surface area (Å²) in [5.74, 6) is 0. The predicted molar refractivity (Wildman–Crippen MR) is 103 cm³/mol. The van der Waals surface area contributed by atoms with Gasteiger partial charge in [-0.2, -0.15) is 0 Å². The average Bonchev–Trinajstić information content (AvgIpc) is 2.08. The van der Waals surface area contributed by atoms with E-state index >= 15 is 0 Å². The standard InChI is InChI=1S/C15H37ClN3PSi/c1-12(2)18(13(3)4)20(16,17-21(9,10)11)19(14(5)6)15(7)8/h12-15H,1-11H3. The van der Waals surface area contributed by atoms with Crippen LogP contribution in [0.15, 0.2) is 4.41 Å². The Morgan fingerprint density at radius 2 is 0.952 bits per heavy atom. The van der Waals surface area contributed by atoms with Crippen LogP contribution in [0.2, 0.25) is 19.6 Å². The smallest absolute Gasteiger partial charge is 0.178 e. The van der Waals surface area contributed by atoms with Crippen LogP contribution in [0.25, 0.3) is 0 Å². The van der Waals surface area contributed by atoms with Gasteiger partial charge in [-0.3, -0.25) is 4.41 Å². The highest BCUT2D eigenvalue weighted by atomic mass is 35.7. The highest BCUT2D eigenvalue weighted by molar-refractivity contribution is 7.88. The van der Waals surface area contributed by atoms with Crippen LogP contribution < -0.4 is 0 Å². The summed E-state index contributed by atoms with van der Waals surface area (Å²) in [5.41, 5.74) is 0. The Bertz CT molecular complexity index is 336. The molecule has 0 saturated carbocycles. The molecule has 0 aromatic heterocycles. The van der Waals surface area contributed by atoms with Crippen LogP contribution in [-0.2, 0) is 0 Å². The van der Waals surface area contributed by atoms with Crippen LogP contribution in [0, 0.1) is 0 Å². The molecule has 6 heteroatoms. The maximum atomic E-state index is 7.37. The number of hydrogen-bond acceptors (Lipinski definition) is 1. The molecular formula is C15H37ClN3PSi. The summed E-state index contributed by atoms with van der Waals surface area (Å²) in [6, 6.07) is 1.54. The predicted octanol–water partition coefficient (Wildman–Crippen LogP) is 6.24. The van der Waals surface area contributed by atoms with Crippen molar-refractivity contribution in [1.82, 2.24) is 9.34 Å². The molecular weight excluding hydrogens is 317 g/mol. The van der Waals surface area contributed by atoms with Crippen molar-refractivity contribution >= 4 is 26.2 Å². The molecule has 0 aromatic rings. The summed E-state index contributed by atoms with van der Waals surface area (Å²) in [4.78, 5) is 0. The molecule has 0 saturated heterocycles. The SMILES string of the molecule is CC(C)N(C(C)C)P(Cl)(=N[Si](C)(C)C)N(C(C)C)C(C)C. The van der Waals surface area contributed by atoms with Gasteiger partial charge < -0.3 is 0 Å². The molecule has 0 N–H and O–H groups in total. The van der Waals surface area contributed by atoms with E-state index in [1.807, 2.05) is 0 Å². The van der Waals surface area contributed by atoms with Gasteiger partial charge in [0.15, 0.2) is 14.9 Å². The summed E-state index contributed by atoms with van der Waals surface area (Å²) < 4.78 is 10.2. The first-order valence-corrected chi connectivity index (χ1v) is 14.1. The van der Waals surface area contributed by atoms with Crippen molar-refractivity contribution in [1.29, 1.82) is 0 Å². The quantitative estimate of drug-likeness (QED) is 0.398. The molecule has 0 atom stereocenters. The molecule has 0 heterocycles. The van der Waals surface area contributed by atoms with Gasteiger partial charge in [-0.25, -0.2) is 9.34 Å². The van der Waals surface area contributed by atoms with E-state index in [-0.39, 0.29) is 0 Å². The lowest BCUT2D eigenvalue weighted by molar-refractivity contribution is 0.258. The van der Waals surface area contributed by atoms with Gasteiger partial charge in [0.25, 0.3) is 0 Å². The van der Waals surface area contributed by atoms with Crippen molar-refractivity contribution in [3.63, 3.8) is 0 Å². The van der Waals surface area contributed by atoms with E-state index in [0.29, 0.717) is 24.2 Å². The van der Waals surface area contributed by atoms with Gasteiger partial charge in [0.2, 0.25) is 0 Å². The van der Waals surface area contributed by atoms with Gasteiger partial charge >= 0.3 is 0 Å². The fraction of sp³-hybridized carbons (Fsp3) is 1.00. The zero-order valence-electron chi connectivity index (χ0n) is 16.0. The highest BCUT2D eigenvalue weighted by Gasteiger charge is 2.40. The second-order valence-electron chi connectivity index (χ2n) is 7.90. The Labute approximate surface area is 139 Å². The van der Waals surface area contributed by atoms with Gasteiger partial charge in [-0.15, -0.1) is 0 Å². The zero-order valence-corrected chi connectivity index (χ0v) is 18.6. The molecule has 0 bridgehead atoms. The van der Waals surface area contributed by atoms with Crippen LogP contribution in [0.1, 0.15) is 55.4 Å². The van der Waals surface area contributed by atoms with E-state index in [0.717, 1.165) is 0 Å². The lowest BCUT2D eigenvalue weighted by atomic mass is 10.3. The second kappa shape index (κ2) is 7.96. The van der Waals surface area contributed by atoms with Gasteiger partial charge in [0.05, 0.1) is 0 Å². The summed E-state index contributed by atoms with van der Waals surface area (Å²) in [5, 5.41) is 0. The highest BCUT2D eigenvalue weighted by Crippen LogP contribution is 2.65. The minimum absolute atomic E-state index is 0.385. The number of nitrogens with zero attached hydrogens (tertiary/aromatic N) is 3. The number of rotatable bonds is 7. The number of halogens is 1. The monoisotopic (exact) mass is 353 g/mol. The normalized spacial score (nSPS) is 14.4. The molecule has 0 radical (unpaired) electrons. The molecule has 0 aliphatic carbocycles. The first-order chi connectivity index (χ1) is 9.24. The van der Waals surface area contributed by atoms with E-state index < -0.39 is 14.9 Å². The third-order valence-corrected chi connectivity index (χ3v) is 11.3. The Hall–Kier alpha value is 0.657. The van der Waals surface area contributed by atoms with E-state index in [4.69, 9.17) is 15.7 Å². The van der Waals surface area contributed by atoms with Crippen molar-refractivity contribution in [3.8, 4) is 0 Å². The van der Waals surface area contributed by atoms with Crippen LogP contribution in [0.3, 0.4) is 0 Å². The first-order valence-electron chi connectivity index (χ1n) is 8.14. The van der Waals surface area contributed by atoms with Crippen molar-refractivity contribution in [2.24, 2.45) is 4.41 Å². The maximum absolute atomic E-state index is 7.37. The van der Waals surface area contributed by atoms with Crippen molar-refractivity contribution < 1.29 is 0 Å². The summed E-state index contributed by atoms with van der Waals surface area (Å²) in [6.45, 7) is 22.5. The van der Waals surface area contributed by atoms with Gasteiger partial charge in [0, 0.05) is 24.2 Å². The lowest BCUT2D eigenvalue weighted by Crippen LogP contribution is -2.44. The van der Waals surface area contributed by atoms with Gasteiger partial charge in [-0.1, -0.05) is 0 Å². The summed E-state index contributed by atoms with van der Waals surface area (Å²) in [6.07, 6.45) is 0. The van der Waals surface area contributed by atoms with E-state index in [1.54, 1.807) is 0 Å². The maximum Gasteiger partial charge on any atom is 0.178 e. The lowest BCUT2D eigenvalue weighted by Gasteiger charge is -2.48. The molecule has 128 valence electrons. The minimum Gasteiger partial charge on any atom is -0.300 e. The van der Waals surface area contributed by atoms with E-state index in [1.165, 1.54) is 0 Å². The number of hydrogen-bond donors (Lipinski definition) is 0.